The Morgan fingerprint density at radius 3 is 2.37 bits per heavy atom. The summed E-state index contributed by atoms with van der Waals surface area (Å²) in [7, 11) is 0. The summed E-state index contributed by atoms with van der Waals surface area (Å²) in [5.41, 5.74) is 0.00235. The molecule has 1 fully saturated rings. The van der Waals surface area contributed by atoms with Crippen LogP contribution in [0.1, 0.15) is 49.9 Å². The van der Waals surface area contributed by atoms with E-state index in [1.54, 1.807) is 12.1 Å². The van der Waals surface area contributed by atoms with Gasteiger partial charge < -0.3 is 9.84 Å². The maximum Gasteiger partial charge on any atom is 0.338 e. The zero-order valence-electron chi connectivity index (χ0n) is 11.6. The maximum absolute atomic E-state index is 11.9. The van der Waals surface area contributed by atoms with Gasteiger partial charge in [-0.2, -0.15) is 0 Å². The van der Waals surface area contributed by atoms with Gasteiger partial charge in [-0.05, 0) is 43.7 Å². The maximum atomic E-state index is 11.9. The van der Waals surface area contributed by atoms with Crippen molar-refractivity contribution in [3.8, 4) is 0 Å². The van der Waals surface area contributed by atoms with E-state index in [9.17, 15) is 9.90 Å². The number of rotatable bonds is 3. The summed E-state index contributed by atoms with van der Waals surface area (Å²) in [4.78, 5) is 11.9. The molecule has 1 N–H and O–H groups in total. The first-order valence-electron chi connectivity index (χ1n) is 7.00. The summed E-state index contributed by atoms with van der Waals surface area (Å²) in [6, 6.07) is 9.05. The van der Waals surface area contributed by atoms with Crippen molar-refractivity contribution >= 4 is 5.97 Å². The molecule has 1 aliphatic rings. The van der Waals surface area contributed by atoms with Crippen molar-refractivity contribution < 1.29 is 14.6 Å². The summed E-state index contributed by atoms with van der Waals surface area (Å²) in [5, 5.41) is 10.4. The number of benzene rings is 1. The second kappa shape index (κ2) is 5.74. The summed E-state index contributed by atoms with van der Waals surface area (Å²) in [5.74, 6) is -0.0149. The zero-order chi connectivity index (χ0) is 13.9. The fourth-order valence-electron chi connectivity index (χ4n) is 2.58. The third-order valence-corrected chi connectivity index (χ3v) is 4.16. The van der Waals surface area contributed by atoms with Gasteiger partial charge in [0.15, 0.2) is 0 Å². The third kappa shape index (κ3) is 3.35. The van der Waals surface area contributed by atoms with Gasteiger partial charge in [0, 0.05) is 0 Å². The second-order valence-electron chi connectivity index (χ2n) is 5.73. The van der Waals surface area contributed by atoms with E-state index in [1.807, 2.05) is 32.0 Å². The van der Waals surface area contributed by atoms with Gasteiger partial charge in [0.1, 0.15) is 6.10 Å². The average Bonchev–Trinajstić information content (AvgIpc) is 2.42. The van der Waals surface area contributed by atoms with Crippen molar-refractivity contribution in [2.75, 3.05) is 0 Å². The largest absolute Gasteiger partial charge is 0.459 e. The van der Waals surface area contributed by atoms with E-state index >= 15 is 0 Å². The van der Waals surface area contributed by atoms with E-state index in [0.29, 0.717) is 18.4 Å². The van der Waals surface area contributed by atoms with Crippen molar-refractivity contribution in [1.82, 2.24) is 0 Å². The van der Waals surface area contributed by atoms with Crippen molar-refractivity contribution in [2.24, 2.45) is 5.92 Å². The monoisotopic (exact) mass is 262 g/mol. The Labute approximate surface area is 114 Å². The van der Waals surface area contributed by atoms with Crippen molar-refractivity contribution in [3.63, 3.8) is 0 Å². The fraction of sp³-hybridized carbons (Fsp3) is 0.562. The van der Waals surface area contributed by atoms with Gasteiger partial charge in [-0.15, -0.1) is 0 Å². The third-order valence-electron chi connectivity index (χ3n) is 4.16. The minimum Gasteiger partial charge on any atom is -0.459 e. The molecule has 1 aromatic carbocycles. The van der Waals surface area contributed by atoms with Crippen LogP contribution in [0.3, 0.4) is 0 Å². The summed E-state index contributed by atoms with van der Waals surface area (Å²) in [6.07, 6.45) is 2.83. The van der Waals surface area contributed by atoms with Crippen LogP contribution in [0.2, 0.25) is 0 Å². The molecule has 0 heterocycles. The van der Waals surface area contributed by atoms with E-state index in [4.69, 9.17) is 4.74 Å². The van der Waals surface area contributed by atoms with E-state index in [1.165, 1.54) is 0 Å². The molecule has 19 heavy (non-hydrogen) atoms. The quantitative estimate of drug-likeness (QED) is 0.851. The highest BCUT2D eigenvalue weighted by molar-refractivity contribution is 5.89. The second-order valence-corrected chi connectivity index (χ2v) is 5.73. The lowest BCUT2D eigenvalue weighted by atomic mass is 9.76. The van der Waals surface area contributed by atoms with Crippen LogP contribution in [0.4, 0.5) is 0 Å². The zero-order valence-corrected chi connectivity index (χ0v) is 11.6. The minimum atomic E-state index is -0.588. The molecular weight excluding hydrogens is 240 g/mol. The molecule has 0 radical (unpaired) electrons. The summed E-state index contributed by atoms with van der Waals surface area (Å²) >= 11 is 0. The van der Waals surface area contributed by atoms with Gasteiger partial charge in [0.2, 0.25) is 0 Å². The van der Waals surface area contributed by atoms with E-state index < -0.39 is 5.60 Å². The number of carbonyl (C=O) groups excluding carboxylic acids is 1. The number of esters is 1. The molecule has 104 valence electrons. The molecule has 0 bridgehead atoms. The first-order valence-corrected chi connectivity index (χ1v) is 7.00. The Hall–Kier alpha value is -1.35. The number of hydrogen-bond donors (Lipinski definition) is 1. The normalized spacial score (nSPS) is 27.3. The van der Waals surface area contributed by atoms with Gasteiger partial charge >= 0.3 is 5.97 Å². The SMILES string of the molecule is CC(C)[C@]1(O)CC[C@H](OC(=O)c2ccccc2)CC1. The lowest BCUT2D eigenvalue weighted by molar-refractivity contribution is -0.0691. The molecule has 0 atom stereocenters. The molecular formula is C16H22O3. The van der Waals surface area contributed by atoms with Gasteiger partial charge in [0.05, 0.1) is 11.2 Å². The molecule has 0 amide bonds. The summed E-state index contributed by atoms with van der Waals surface area (Å²) in [6.45, 7) is 4.08. The Balaban J connectivity index is 1.88. The van der Waals surface area contributed by atoms with Crippen LogP contribution in [-0.4, -0.2) is 22.8 Å². The highest BCUT2D eigenvalue weighted by Crippen LogP contribution is 2.35. The highest BCUT2D eigenvalue weighted by atomic mass is 16.5. The number of ether oxygens (including phenoxy) is 1. The van der Waals surface area contributed by atoms with Crippen LogP contribution in [0, 0.1) is 5.92 Å². The molecule has 1 aliphatic carbocycles. The number of carbonyl (C=O) groups is 1. The Morgan fingerprint density at radius 2 is 1.84 bits per heavy atom. The Bertz CT molecular complexity index is 417. The van der Waals surface area contributed by atoms with Crippen LogP contribution in [0.5, 0.6) is 0 Å². The molecule has 1 saturated carbocycles. The van der Waals surface area contributed by atoms with E-state index in [2.05, 4.69) is 0 Å². The van der Waals surface area contributed by atoms with Gasteiger partial charge in [-0.1, -0.05) is 32.0 Å². The Morgan fingerprint density at radius 1 is 1.26 bits per heavy atom. The van der Waals surface area contributed by atoms with Crippen LogP contribution < -0.4 is 0 Å². The van der Waals surface area contributed by atoms with Crippen molar-refractivity contribution in [2.45, 2.75) is 51.2 Å². The molecule has 1 aromatic rings. The molecule has 3 heteroatoms. The van der Waals surface area contributed by atoms with Crippen molar-refractivity contribution in [3.05, 3.63) is 35.9 Å². The van der Waals surface area contributed by atoms with Crippen molar-refractivity contribution in [1.29, 1.82) is 0 Å². The predicted octanol–water partition coefficient (Wildman–Crippen LogP) is 3.17. The lowest BCUT2D eigenvalue weighted by Gasteiger charge is -2.38. The predicted molar refractivity (Wildman–Crippen MR) is 73.9 cm³/mol. The molecule has 0 aromatic heterocycles. The lowest BCUT2D eigenvalue weighted by Crippen LogP contribution is -2.41. The fourth-order valence-corrected chi connectivity index (χ4v) is 2.58. The molecule has 3 nitrogen and oxygen atoms in total. The molecule has 0 saturated heterocycles. The topological polar surface area (TPSA) is 46.5 Å². The highest BCUT2D eigenvalue weighted by Gasteiger charge is 2.37. The number of aliphatic hydroxyl groups is 1. The molecule has 0 unspecified atom stereocenters. The standard InChI is InChI=1S/C16H22O3/c1-12(2)16(18)10-8-14(9-11-16)19-15(17)13-6-4-3-5-7-13/h3-7,12,14,18H,8-11H2,1-2H3/t14-,16-. The first-order chi connectivity index (χ1) is 9.01. The van der Waals surface area contributed by atoms with E-state index in [0.717, 1.165) is 12.8 Å². The molecule has 0 aliphatic heterocycles. The van der Waals surface area contributed by atoms with Crippen LogP contribution in [0.25, 0.3) is 0 Å². The summed E-state index contributed by atoms with van der Waals surface area (Å²) < 4.78 is 5.50. The van der Waals surface area contributed by atoms with Gasteiger partial charge in [-0.3, -0.25) is 0 Å². The number of hydrogen-bond acceptors (Lipinski definition) is 3. The van der Waals surface area contributed by atoms with Gasteiger partial charge in [0.25, 0.3) is 0 Å². The van der Waals surface area contributed by atoms with Crippen LogP contribution in [-0.2, 0) is 4.74 Å². The van der Waals surface area contributed by atoms with Crippen LogP contribution in [0.15, 0.2) is 30.3 Å². The molecule has 2 rings (SSSR count). The van der Waals surface area contributed by atoms with Gasteiger partial charge in [-0.25, -0.2) is 4.79 Å². The smallest absolute Gasteiger partial charge is 0.338 e. The Kier molecular flexibility index (Phi) is 4.25. The first kappa shape index (κ1) is 14.1. The molecule has 0 spiro atoms. The van der Waals surface area contributed by atoms with E-state index in [-0.39, 0.29) is 18.0 Å². The average molecular weight is 262 g/mol. The minimum absolute atomic E-state index is 0.0632. The van der Waals surface area contributed by atoms with Crippen LogP contribution >= 0.6 is 0 Å².